The molecule has 45 heavy (non-hydrogen) atoms. The van der Waals surface area contributed by atoms with E-state index in [9.17, 15) is 14.4 Å². The van der Waals surface area contributed by atoms with Crippen molar-refractivity contribution in [1.29, 1.82) is 0 Å². The second-order valence-electron chi connectivity index (χ2n) is 12.7. The Bertz CT molecular complexity index is 1790. The lowest BCUT2D eigenvalue weighted by atomic mass is 9.82. The zero-order valence-electron chi connectivity index (χ0n) is 25.3. The fourth-order valence-electron chi connectivity index (χ4n) is 7.62. The molecule has 3 N–H and O–H groups in total. The summed E-state index contributed by atoms with van der Waals surface area (Å²) >= 11 is 0. The Morgan fingerprint density at radius 3 is 2.51 bits per heavy atom. The Morgan fingerprint density at radius 1 is 0.978 bits per heavy atom. The first kappa shape index (κ1) is 29.1. The molecule has 9 nitrogen and oxygen atoms in total. The minimum Gasteiger partial charge on any atom is -0.478 e. The minimum absolute atomic E-state index is 0.238. The van der Waals surface area contributed by atoms with Gasteiger partial charge in [-0.2, -0.15) is 0 Å². The average molecular weight is 607 g/mol. The van der Waals surface area contributed by atoms with Crippen LogP contribution in [0.15, 0.2) is 59.4 Å². The number of carbonyl (C=O) groups is 3. The Morgan fingerprint density at radius 2 is 1.76 bits per heavy atom. The van der Waals surface area contributed by atoms with Gasteiger partial charge in [-0.25, -0.2) is 9.78 Å². The van der Waals surface area contributed by atoms with E-state index in [0.717, 1.165) is 73.8 Å². The molecule has 0 saturated heterocycles. The lowest BCUT2D eigenvalue weighted by Crippen LogP contribution is -2.55. The zero-order valence-corrected chi connectivity index (χ0v) is 25.3. The van der Waals surface area contributed by atoms with Gasteiger partial charge in [0, 0.05) is 41.2 Å². The molecule has 1 aliphatic heterocycles. The van der Waals surface area contributed by atoms with E-state index >= 15 is 0 Å². The van der Waals surface area contributed by atoms with Crippen LogP contribution in [-0.2, 0) is 22.6 Å². The third kappa shape index (κ3) is 5.56. The normalized spacial score (nSPS) is 18.0. The number of carboxylic acids is 1. The number of hydrogen-bond donors (Lipinski definition) is 3. The van der Waals surface area contributed by atoms with Crippen molar-refractivity contribution in [1.82, 2.24) is 14.9 Å². The molecule has 3 heterocycles. The first-order valence-corrected chi connectivity index (χ1v) is 16.2. The molecule has 7 rings (SSSR count). The fraction of sp³-hybridized carbons (Fsp3) is 0.389. The smallest absolute Gasteiger partial charge is 0.328 e. The molecule has 2 saturated carbocycles. The Balaban J connectivity index is 1.18. The summed E-state index contributed by atoms with van der Waals surface area (Å²) in [5, 5.41) is 16.2. The number of amides is 2. The van der Waals surface area contributed by atoms with Crippen molar-refractivity contribution in [2.24, 2.45) is 0 Å². The van der Waals surface area contributed by atoms with Gasteiger partial charge in [0.25, 0.3) is 5.91 Å². The fourth-order valence-corrected chi connectivity index (χ4v) is 7.62. The van der Waals surface area contributed by atoms with Gasteiger partial charge in [-0.05, 0) is 79.5 Å². The van der Waals surface area contributed by atoms with E-state index in [1.54, 1.807) is 30.7 Å². The summed E-state index contributed by atoms with van der Waals surface area (Å²) in [6.45, 7) is 0.826. The molecule has 0 unspecified atom stereocenters. The van der Waals surface area contributed by atoms with Crippen LogP contribution >= 0.6 is 0 Å². The Labute approximate surface area is 261 Å². The van der Waals surface area contributed by atoms with Crippen molar-refractivity contribution in [3.8, 4) is 11.4 Å². The van der Waals surface area contributed by atoms with Crippen LogP contribution in [0.1, 0.15) is 97.4 Å². The van der Waals surface area contributed by atoms with Gasteiger partial charge >= 0.3 is 5.97 Å². The van der Waals surface area contributed by atoms with E-state index in [4.69, 9.17) is 9.52 Å². The number of nitrogens with zero attached hydrogens (tertiary/aromatic N) is 2. The van der Waals surface area contributed by atoms with Gasteiger partial charge in [-0.3, -0.25) is 9.59 Å². The molecule has 232 valence electrons. The maximum Gasteiger partial charge on any atom is 0.328 e. The summed E-state index contributed by atoms with van der Waals surface area (Å²) in [6, 6.07) is 13.0. The average Bonchev–Trinajstić information content (AvgIpc) is 3.77. The Kier molecular flexibility index (Phi) is 7.77. The highest BCUT2D eigenvalue weighted by molar-refractivity contribution is 6.06. The zero-order chi connectivity index (χ0) is 31.0. The van der Waals surface area contributed by atoms with E-state index in [1.807, 2.05) is 12.1 Å². The highest BCUT2D eigenvalue weighted by Gasteiger charge is 2.43. The molecule has 0 radical (unpaired) electrons. The summed E-state index contributed by atoms with van der Waals surface area (Å²) in [5.74, 6) is -0.127. The van der Waals surface area contributed by atoms with Crippen LogP contribution < -0.4 is 10.6 Å². The maximum atomic E-state index is 13.9. The van der Waals surface area contributed by atoms with Gasteiger partial charge in [-0.1, -0.05) is 50.3 Å². The third-order valence-corrected chi connectivity index (χ3v) is 9.86. The summed E-state index contributed by atoms with van der Waals surface area (Å²) in [7, 11) is 0. The van der Waals surface area contributed by atoms with E-state index in [2.05, 4.69) is 26.3 Å². The maximum absolute atomic E-state index is 13.9. The molecule has 9 heteroatoms. The summed E-state index contributed by atoms with van der Waals surface area (Å²) < 4.78 is 8.16. The second-order valence-corrected chi connectivity index (χ2v) is 12.7. The van der Waals surface area contributed by atoms with Crippen molar-refractivity contribution in [3.05, 3.63) is 77.4 Å². The van der Waals surface area contributed by atoms with Crippen LogP contribution in [-0.4, -0.2) is 38.0 Å². The monoisotopic (exact) mass is 606 g/mol. The number of carbonyl (C=O) groups excluding carboxylic acids is 2. The third-order valence-electron chi connectivity index (χ3n) is 9.86. The van der Waals surface area contributed by atoms with E-state index in [-0.39, 0.29) is 11.8 Å². The second kappa shape index (κ2) is 12.0. The number of hydrogen-bond acceptors (Lipinski definition) is 5. The van der Waals surface area contributed by atoms with Gasteiger partial charge in [-0.15, -0.1) is 0 Å². The van der Waals surface area contributed by atoms with Crippen LogP contribution in [0, 0.1) is 0 Å². The molecule has 2 aromatic heterocycles. The van der Waals surface area contributed by atoms with Gasteiger partial charge in [0.05, 0.1) is 5.69 Å². The SMILES string of the molecule is O=C(O)/C=C/c1ccc(NC(=O)C2(NC(=O)c3ccc4c(C5CCCCC5)c5n(c4c3)CCCc3ocnc3-5)CCCC2)cc1. The van der Waals surface area contributed by atoms with Crippen LogP contribution in [0.2, 0.25) is 0 Å². The molecule has 2 amide bonds. The number of oxazole rings is 1. The number of anilines is 1. The van der Waals surface area contributed by atoms with Crippen molar-refractivity contribution in [2.75, 3.05) is 5.32 Å². The van der Waals surface area contributed by atoms with Crippen molar-refractivity contribution < 1.29 is 23.9 Å². The predicted molar refractivity (Wildman–Crippen MR) is 172 cm³/mol. The number of fused-ring (bicyclic) bond motifs is 5. The lowest BCUT2D eigenvalue weighted by molar-refractivity contribution is -0.131. The standard InChI is InChI=1S/C36H38N4O5/c41-30(42)17-12-23-10-14-26(15-11-23)38-35(44)36(18-4-5-19-36)39-34(43)25-13-16-27-28(21-25)40-20-6-9-29-32(37-22-45-29)33(40)31(27)24-7-2-1-3-8-24/h10-17,21-22,24H,1-9,18-20H2,(H,38,44)(H,39,43)(H,41,42)/b17-12+. The minimum atomic E-state index is -1.02. The van der Waals surface area contributed by atoms with Crippen LogP contribution in [0.3, 0.4) is 0 Å². The molecular weight excluding hydrogens is 568 g/mol. The molecule has 0 atom stereocenters. The molecule has 0 bridgehead atoms. The van der Waals surface area contributed by atoms with Gasteiger partial charge in [0.15, 0.2) is 6.39 Å². The number of rotatable bonds is 7. The molecule has 2 fully saturated rings. The summed E-state index contributed by atoms with van der Waals surface area (Å²) in [5.41, 5.74) is 5.29. The highest BCUT2D eigenvalue weighted by Crippen LogP contribution is 2.46. The van der Waals surface area contributed by atoms with Crippen molar-refractivity contribution in [3.63, 3.8) is 0 Å². The highest BCUT2D eigenvalue weighted by atomic mass is 16.4. The number of aromatic nitrogens is 2. The van der Waals surface area contributed by atoms with Gasteiger partial charge < -0.3 is 24.7 Å². The number of aryl methyl sites for hydroxylation is 2. The first-order valence-electron chi connectivity index (χ1n) is 16.2. The number of aliphatic carboxylic acids is 1. The topological polar surface area (TPSA) is 126 Å². The van der Waals surface area contributed by atoms with E-state index < -0.39 is 11.5 Å². The summed E-state index contributed by atoms with van der Waals surface area (Å²) in [6.07, 6.45) is 14.7. The molecule has 0 spiro atoms. The first-order chi connectivity index (χ1) is 21.9. The van der Waals surface area contributed by atoms with Crippen LogP contribution in [0.5, 0.6) is 0 Å². The molecule has 2 aliphatic carbocycles. The largest absolute Gasteiger partial charge is 0.478 e. The molecular formula is C36H38N4O5. The number of benzene rings is 2. The predicted octanol–water partition coefficient (Wildman–Crippen LogP) is 7.07. The quantitative estimate of drug-likeness (QED) is 0.193. The molecule has 2 aromatic carbocycles. The number of carboxylic acid groups (broad SMARTS) is 1. The van der Waals surface area contributed by atoms with E-state index in [0.29, 0.717) is 35.6 Å². The lowest BCUT2D eigenvalue weighted by Gasteiger charge is -2.29. The van der Waals surface area contributed by atoms with Crippen LogP contribution in [0.25, 0.3) is 28.4 Å². The van der Waals surface area contributed by atoms with Crippen molar-refractivity contribution in [2.45, 2.75) is 88.6 Å². The van der Waals surface area contributed by atoms with E-state index in [1.165, 1.54) is 36.3 Å². The molecule has 4 aromatic rings. The summed E-state index contributed by atoms with van der Waals surface area (Å²) in [4.78, 5) is 43.1. The Hall–Kier alpha value is -4.66. The van der Waals surface area contributed by atoms with Gasteiger partial charge in [0.1, 0.15) is 17.0 Å². The van der Waals surface area contributed by atoms with Crippen molar-refractivity contribution >= 4 is 40.4 Å². The molecule has 3 aliphatic rings. The van der Waals surface area contributed by atoms with Crippen LogP contribution in [0.4, 0.5) is 5.69 Å². The number of nitrogens with one attached hydrogen (secondary N) is 2. The van der Waals surface area contributed by atoms with Gasteiger partial charge in [0.2, 0.25) is 5.91 Å².